The Morgan fingerprint density at radius 2 is 1.87 bits per heavy atom. The number of nitrogens with one attached hydrogen (secondary N) is 1. The van der Waals surface area contributed by atoms with Gasteiger partial charge in [-0.25, -0.2) is 0 Å². The molecular weight excluding hydrogens is 254 g/mol. The highest BCUT2D eigenvalue weighted by atomic mass is 79.9. The second-order valence-electron chi connectivity index (χ2n) is 4.54. The second kappa shape index (κ2) is 7.26. The molecule has 1 rings (SSSR count). The van der Waals surface area contributed by atoms with Gasteiger partial charge in [0.2, 0.25) is 5.91 Å². The van der Waals surface area contributed by atoms with Gasteiger partial charge >= 0.3 is 0 Å². The second-order valence-corrected chi connectivity index (χ2v) is 5.33. The Hall–Kier alpha value is -0.0500. The molecule has 1 amide bonds. The van der Waals surface area contributed by atoms with Crippen LogP contribution in [0.15, 0.2) is 0 Å². The van der Waals surface area contributed by atoms with Crippen molar-refractivity contribution in [3.05, 3.63) is 0 Å². The summed E-state index contributed by atoms with van der Waals surface area (Å²) in [6.07, 6.45) is 7.23. The summed E-state index contributed by atoms with van der Waals surface area (Å²) in [4.78, 5) is 11.3. The van der Waals surface area contributed by atoms with E-state index in [0.29, 0.717) is 6.42 Å². The van der Waals surface area contributed by atoms with Crippen LogP contribution in [-0.2, 0) is 4.79 Å². The van der Waals surface area contributed by atoms with Gasteiger partial charge in [-0.05, 0) is 24.7 Å². The van der Waals surface area contributed by atoms with Gasteiger partial charge in [0.15, 0.2) is 0 Å². The highest BCUT2D eigenvalue weighted by molar-refractivity contribution is 9.09. The van der Waals surface area contributed by atoms with E-state index < -0.39 is 0 Å². The predicted octanol–water partition coefficient (Wildman–Crippen LogP) is 3.10. The number of rotatable bonds is 5. The maximum Gasteiger partial charge on any atom is 0.220 e. The minimum absolute atomic E-state index is 0.185. The Morgan fingerprint density at radius 3 is 2.40 bits per heavy atom. The molecular formula is C12H22BrNO. The quantitative estimate of drug-likeness (QED) is 0.768. The fraction of sp³-hybridized carbons (Fsp3) is 0.917. The number of carbonyl (C=O) groups is 1. The van der Waals surface area contributed by atoms with E-state index in [1.54, 1.807) is 0 Å². The summed E-state index contributed by atoms with van der Waals surface area (Å²) in [7, 11) is 0. The van der Waals surface area contributed by atoms with Gasteiger partial charge in [-0.2, -0.15) is 0 Å². The van der Waals surface area contributed by atoms with E-state index in [-0.39, 0.29) is 5.91 Å². The molecule has 1 N–H and O–H groups in total. The molecule has 0 unspecified atom stereocenters. The fourth-order valence-corrected chi connectivity index (χ4v) is 2.64. The van der Waals surface area contributed by atoms with Crippen LogP contribution in [0.1, 0.15) is 45.4 Å². The van der Waals surface area contributed by atoms with Gasteiger partial charge < -0.3 is 5.32 Å². The standard InChI is InChI=1S/C12H22BrNO/c1-2-10-3-5-11(6-4-10)9-14-12(15)7-8-13/h10-11H,2-9H2,1H3,(H,14,15). The van der Waals surface area contributed by atoms with Crippen molar-refractivity contribution in [1.82, 2.24) is 5.32 Å². The molecule has 0 spiro atoms. The smallest absolute Gasteiger partial charge is 0.220 e. The molecule has 0 bridgehead atoms. The lowest BCUT2D eigenvalue weighted by molar-refractivity contribution is -0.120. The molecule has 15 heavy (non-hydrogen) atoms. The van der Waals surface area contributed by atoms with Crippen LogP contribution in [0.5, 0.6) is 0 Å². The zero-order valence-corrected chi connectivity index (χ0v) is 11.2. The molecule has 0 aromatic rings. The Bertz CT molecular complexity index is 188. The minimum atomic E-state index is 0.185. The van der Waals surface area contributed by atoms with Gasteiger partial charge in [0.25, 0.3) is 0 Å². The average molecular weight is 276 g/mol. The first kappa shape index (κ1) is 13.0. The molecule has 0 aromatic carbocycles. The van der Waals surface area contributed by atoms with Crippen LogP contribution in [0.25, 0.3) is 0 Å². The molecule has 88 valence electrons. The van der Waals surface area contributed by atoms with Gasteiger partial charge in [-0.15, -0.1) is 0 Å². The maximum atomic E-state index is 11.3. The summed E-state index contributed by atoms with van der Waals surface area (Å²) in [5, 5.41) is 3.78. The van der Waals surface area contributed by atoms with Crippen LogP contribution in [0.3, 0.4) is 0 Å². The summed E-state index contributed by atoms with van der Waals surface area (Å²) in [6.45, 7) is 3.17. The summed E-state index contributed by atoms with van der Waals surface area (Å²) >= 11 is 3.27. The first-order valence-electron chi connectivity index (χ1n) is 6.09. The van der Waals surface area contributed by atoms with Crippen molar-refractivity contribution in [2.45, 2.75) is 45.4 Å². The number of hydrogen-bond donors (Lipinski definition) is 1. The largest absolute Gasteiger partial charge is 0.356 e. The molecule has 1 fully saturated rings. The van der Waals surface area contributed by atoms with E-state index >= 15 is 0 Å². The van der Waals surface area contributed by atoms with Crippen molar-refractivity contribution in [3.63, 3.8) is 0 Å². The first-order chi connectivity index (χ1) is 7.26. The minimum Gasteiger partial charge on any atom is -0.356 e. The zero-order chi connectivity index (χ0) is 11.1. The molecule has 0 aromatic heterocycles. The molecule has 0 aliphatic heterocycles. The lowest BCUT2D eigenvalue weighted by atomic mass is 9.81. The van der Waals surface area contributed by atoms with Gasteiger partial charge in [0, 0.05) is 18.3 Å². The number of alkyl halides is 1. The van der Waals surface area contributed by atoms with Crippen LogP contribution >= 0.6 is 15.9 Å². The normalized spacial score (nSPS) is 26.3. The van der Waals surface area contributed by atoms with Gasteiger partial charge in [0.1, 0.15) is 0 Å². The highest BCUT2D eigenvalue weighted by Crippen LogP contribution is 2.29. The van der Waals surface area contributed by atoms with Gasteiger partial charge in [0.05, 0.1) is 0 Å². The van der Waals surface area contributed by atoms with Gasteiger partial charge in [-0.3, -0.25) is 4.79 Å². The van der Waals surface area contributed by atoms with E-state index in [1.165, 1.54) is 32.1 Å². The number of carbonyl (C=O) groups excluding carboxylic acids is 1. The van der Waals surface area contributed by atoms with E-state index in [4.69, 9.17) is 0 Å². The molecule has 1 aliphatic rings. The van der Waals surface area contributed by atoms with Crippen molar-refractivity contribution < 1.29 is 4.79 Å². The Morgan fingerprint density at radius 1 is 1.27 bits per heavy atom. The summed E-state index contributed by atoms with van der Waals surface area (Å²) in [5.74, 6) is 1.86. The van der Waals surface area contributed by atoms with E-state index in [9.17, 15) is 4.79 Å². The molecule has 2 nitrogen and oxygen atoms in total. The van der Waals surface area contributed by atoms with Crippen LogP contribution in [-0.4, -0.2) is 17.8 Å². The van der Waals surface area contributed by atoms with E-state index in [0.717, 1.165) is 23.7 Å². The Kier molecular flexibility index (Phi) is 6.30. The fourth-order valence-electron chi connectivity index (χ4n) is 2.28. The van der Waals surface area contributed by atoms with Gasteiger partial charge in [-0.1, -0.05) is 42.1 Å². The highest BCUT2D eigenvalue weighted by Gasteiger charge is 2.19. The SMILES string of the molecule is CCC1CCC(CNC(=O)CCBr)CC1. The van der Waals surface area contributed by atoms with E-state index in [1.807, 2.05) is 0 Å². The summed E-state index contributed by atoms with van der Waals surface area (Å²) in [5.41, 5.74) is 0. The predicted molar refractivity (Wildman–Crippen MR) is 67.2 cm³/mol. The maximum absolute atomic E-state index is 11.3. The molecule has 3 heteroatoms. The molecule has 0 radical (unpaired) electrons. The lowest BCUT2D eigenvalue weighted by Gasteiger charge is -2.27. The Balaban J connectivity index is 2.10. The van der Waals surface area contributed by atoms with Crippen molar-refractivity contribution in [1.29, 1.82) is 0 Å². The van der Waals surface area contributed by atoms with Crippen LogP contribution in [0.2, 0.25) is 0 Å². The van der Waals surface area contributed by atoms with Crippen LogP contribution < -0.4 is 5.32 Å². The van der Waals surface area contributed by atoms with Crippen LogP contribution in [0.4, 0.5) is 0 Å². The molecule has 1 aliphatic carbocycles. The van der Waals surface area contributed by atoms with Crippen molar-refractivity contribution in [2.75, 3.05) is 11.9 Å². The number of amides is 1. The van der Waals surface area contributed by atoms with Crippen molar-refractivity contribution >= 4 is 21.8 Å². The van der Waals surface area contributed by atoms with Crippen molar-refractivity contribution in [3.8, 4) is 0 Å². The third kappa shape index (κ3) is 5.01. The van der Waals surface area contributed by atoms with Crippen molar-refractivity contribution in [2.24, 2.45) is 11.8 Å². The lowest BCUT2D eigenvalue weighted by Crippen LogP contribution is -2.31. The summed E-state index contributed by atoms with van der Waals surface area (Å²) in [6, 6.07) is 0. The molecule has 1 saturated carbocycles. The average Bonchev–Trinajstić information content (AvgIpc) is 2.27. The third-order valence-corrected chi connectivity index (χ3v) is 3.85. The first-order valence-corrected chi connectivity index (χ1v) is 7.21. The molecule has 0 heterocycles. The topological polar surface area (TPSA) is 29.1 Å². The summed E-state index contributed by atoms with van der Waals surface area (Å²) < 4.78 is 0. The zero-order valence-electron chi connectivity index (χ0n) is 9.60. The monoisotopic (exact) mass is 275 g/mol. The molecule has 0 saturated heterocycles. The number of hydrogen-bond acceptors (Lipinski definition) is 1. The molecule has 0 atom stereocenters. The Labute approximate surface area is 101 Å². The number of halogens is 1. The third-order valence-electron chi connectivity index (χ3n) is 3.45. The van der Waals surface area contributed by atoms with Crippen LogP contribution in [0, 0.1) is 11.8 Å². The van der Waals surface area contributed by atoms with E-state index in [2.05, 4.69) is 28.2 Å².